The highest BCUT2D eigenvalue weighted by Crippen LogP contribution is 2.34. The Labute approximate surface area is 167 Å². The number of halogens is 1. The van der Waals surface area contributed by atoms with E-state index in [0.29, 0.717) is 22.6 Å². The van der Waals surface area contributed by atoms with Crippen LogP contribution in [0.1, 0.15) is 19.4 Å². The molecule has 5 nitrogen and oxygen atoms in total. The summed E-state index contributed by atoms with van der Waals surface area (Å²) < 4.78 is 7.06. The van der Waals surface area contributed by atoms with Crippen LogP contribution in [0, 0.1) is 6.92 Å². The normalized spacial score (nSPS) is 12.0. The van der Waals surface area contributed by atoms with E-state index in [1.165, 1.54) is 11.8 Å². The van der Waals surface area contributed by atoms with Crippen molar-refractivity contribution in [3.8, 4) is 17.1 Å². The second-order valence-electron chi connectivity index (χ2n) is 5.92. The molecule has 3 rings (SSSR count). The molecule has 0 radical (unpaired) electrons. The van der Waals surface area contributed by atoms with Gasteiger partial charge in [-0.1, -0.05) is 53.7 Å². The van der Waals surface area contributed by atoms with E-state index in [4.69, 9.17) is 16.3 Å². The Hall–Kier alpha value is -2.31. The summed E-state index contributed by atoms with van der Waals surface area (Å²) in [5.74, 6) is 0.356. The standard InChI is InChI=1S/C20H20ClN3O2S/c1-4-26-19(25)14(3)27-20-23-22-18(15-10-6-7-11-16(15)21)24(20)17-12-8-5-9-13(17)2/h5-12,14H,4H2,1-3H3/t14-/m0/s1. The van der Waals surface area contributed by atoms with Crippen molar-refractivity contribution in [2.75, 3.05) is 6.61 Å². The van der Waals surface area contributed by atoms with Crippen LogP contribution in [0.4, 0.5) is 0 Å². The van der Waals surface area contributed by atoms with Gasteiger partial charge in [-0.3, -0.25) is 9.36 Å². The van der Waals surface area contributed by atoms with E-state index in [9.17, 15) is 4.79 Å². The smallest absolute Gasteiger partial charge is 0.319 e. The van der Waals surface area contributed by atoms with Crippen molar-refractivity contribution in [3.05, 3.63) is 59.1 Å². The molecule has 0 saturated heterocycles. The zero-order valence-corrected chi connectivity index (χ0v) is 16.9. The van der Waals surface area contributed by atoms with Gasteiger partial charge in [-0.05, 0) is 44.5 Å². The molecule has 7 heteroatoms. The van der Waals surface area contributed by atoms with Crippen LogP contribution in [0.2, 0.25) is 5.02 Å². The predicted octanol–water partition coefficient (Wildman–Crippen LogP) is 4.94. The Morgan fingerprint density at radius 2 is 1.89 bits per heavy atom. The molecule has 0 bridgehead atoms. The highest BCUT2D eigenvalue weighted by Gasteiger charge is 2.23. The molecule has 0 aliphatic carbocycles. The fourth-order valence-corrected chi connectivity index (χ4v) is 3.74. The van der Waals surface area contributed by atoms with Crippen LogP contribution in [-0.2, 0) is 9.53 Å². The molecule has 0 saturated carbocycles. The molecule has 0 spiro atoms. The van der Waals surface area contributed by atoms with Gasteiger partial charge < -0.3 is 4.74 Å². The first-order chi connectivity index (χ1) is 13.0. The van der Waals surface area contributed by atoms with E-state index in [-0.39, 0.29) is 5.97 Å². The molecule has 1 aromatic heterocycles. The maximum Gasteiger partial charge on any atom is 0.319 e. The highest BCUT2D eigenvalue weighted by molar-refractivity contribution is 8.00. The first-order valence-electron chi connectivity index (χ1n) is 8.62. The van der Waals surface area contributed by atoms with E-state index in [0.717, 1.165) is 16.8 Å². The van der Waals surface area contributed by atoms with Crippen LogP contribution in [0.25, 0.3) is 17.1 Å². The van der Waals surface area contributed by atoms with Gasteiger partial charge in [0.15, 0.2) is 11.0 Å². The molecule has 2 aromatic carbocycles. The first-order valence-corrected chi connectivity index (χ1v) is 9.88. The summed E-state index contributed by atoms with van der Waals surface area (Å²) in [5.41, 5.74) is 2.79. The van der Waals surface area contributed by atoms with Crippen LogP contribution in [0.5, 0.6) is 0 Å². The minimum Gasteiger partial charge on any atom is -0.465 e. The maximum absolute atomic E-state index is 12.1. The minimum absolute atomic E-state index is 0.277. The Bertz CT molecular complexity index is 958. The Balaban J connectivity index is 2.11. The van der Waals surface area contributed by atoms with Gasteiger partial charge in [0.25, 0.3) is 0 Å². The number of hydrogen-bond donors (Lipinski definition) is 0. The molecule has 0 fully saturated rings. The summed E-state index contributed by atoms with van der Waals surface area (Å²) in [6.07, 6.45) is 0. The molecule has 0 aliphatic heterocycles. The van der Waals surface area contributed by atoms with Gasteiger partial charge in [0, 0.05) is 5.56 Å². The summed E-state index contributed by atoms with van der Waals surface area (Å²) in [4.78, 5) is 12.1. The van der Waals surface area contributed by atoms with Crippen molar-refractivity contribution < 1.29 is 9.53 Å². The van der Waals surface area contributed by atoms with Crippen LogP contribution >= 0.6 is 23.4 Å². The van der Waals surface area contributed by atoms with Crippen LogP contribution in [0.3, 0.4) is 0 Å². The van der Waals surface area contributed by atoms with Crippen LogP contribution in [-0.4, -0.2) is 32.6 Å². The lowest BCUT2D eigenvalue weighted by Crippen LogP contribution is -2.17. The fraction of sp³-hybridized carbons (Fsp3) is 0.250. The number of aromatic nitrogens is 3. The highest BCUT2D eigenvalue weighted by atomic mass is 35.5. The van der Waals surface area contributed by atoms with Crippen molar-refractivity contribution in [1.82, 2.24) is 14.8 Å². The van der Waals surface area contributed by atoms with E-state index >= 15 is 0 Å². The zero-order chi connectivity index (χ0) is 19.4. The van der Waals surface area contributed by atoms with E-state index in [1.54, 1.807) is 13.8 Å². The molecular formula is C20H20ClN3O2S. The molecule has 0 amide bonds. The third-order valence-electron chi connectivity index (χ3n) is 4.01. The molecule has 140 valence electrons. The molecular weight excluding hydrogens is 382 g/mol. The summed E-state index contributed by atoms with van der Waals surface area (Å²) >= 11 is 7.72. The van der Waals surface area contributed by atoms with E-state index < -0.39 is 5.25 Å². The minimum atomic E-state index is -0.406. The van der Waals surface area contributed by atoms with Gasteiger partial charge in [0.2, 0.25) is 0 Å². The number of nitrogens with zero attached hydrogens (tertiary/aromatic N) is 3. The number of thioether (sulfide) groups is 1. The SMILES string of the molecule is CCOC(=O)[C@H](C)Sc1nnc(-c2ccccc2Cl)n1-c1ccccc1C. The average molecular weight is 402 g/mol. The average Bonchev–Trinajstić information content (AvgIpc) is 3.05. The van der Waals surface area contributed by atoms with Gasteiger partial charge in [0.1, 0.15) is 5.25 Å². The lowest BCUT2D eigenvalue weighted by molar-refractivity contribution is -0.142. The monoisotopic (exact) mass is 401 g/mol. The Morgan fingerprint density at radius 1 is 1.19 bits per heavy atom. The van der Waals surface area contributed by atoms with Gasteiger partial charge in [-0.15, -0.1) is 10.2 Å². The number of rotatable bonds is 6. The van der Waals surface area contributed by atoms with E-state index in [2.05, 4.69) is 10.2 Å². The lowest BCUT2D eigenvalue weighted by atomic mass is 10.1. The Morgan fingerprint density at radius 3 is 2.59 bits per heavy atom. The second kappa shape index (κ2) is 8.59. The molecule has 27 heavy (non-hydrogen) atoms. The summed E-state index contributed by atoms with van der Waals surface area (Å²) in [5, 5.41) is 9.52. The number of para-hydroxylation sites is 1. The molecule has 1 heterocycles. The largest absolute Gasteiger partial charge is 0.465 e. The van der Waals surface area contributed by atoms with Crippen molar-refractivity contribution in [3.63, 3.8) is 0 Å². The number of ether oxygens (including phenoxy) is 1. The molecule has 0 aliphatic rings. The number of esters is 1. The summed E-state index contributed by atoms with van der Waals surface area (Å²) in [6.45, 7) is 5.96. The van der Waals surface area contributed by atoms with Gasteiger partial charge in [0.05, 0.1) is 17.3 Å². The Kier molecular flexibility index (Phi) is 6.19. The van der Waals surface area contributed by atoms with E-state index in [1.807, 2.05) is 60.0 Å². The van der Waals surface area contributed by atoms with Gasteiger partial charge in [-0.2, -0.15) is 0 Å². The van der Waals surface area contributed by atoms with Crippen molar-refractivity contribution >= 4 is 29.3 Å². The first kappa shape index (κ1) is 19.5. The summed E-state index contributed by atoms with van der Waals surface area (Å²) in [7, 11) is 0. The molecule has 0 unspecified atom stereocenters. The topological polar surface area (TPSA) is 57.0 Å². The van der Waals surface area contributed by atoms with Crippen molar-refractivity contribution in [2.24, 2.45) is 0 Å². The number of aryl methyl sites for hydroxylation is 1. The number of carbonyl (C=O) groups excluding carboxylic acids is 1. The number of benzene rings is 2. The zero-order valence-electron chi connectivity index (χ0n) is 15.3. The van der Waals surface area contributed by atoms with Crippen molar-refractivity contribution in [1.29, 1.82) is 0 Å². The van der Waals surface area contributed by atoms with Gasteiger partial charge >= 0.3 is 5.97 Å². The third-order valence-corrected chi connectivity index (χ3v) is 5.36. The molecule has 3 aromatic rings. The molecule has 0 N–H and O–H groups in total. The predicted molar refractivity (Wildman–Crippen MR) is 108 cm³/mol. The fourth-order valence-electron chi connectivity index (χ4n) is 2.66. The van der Waals surface area contributed by atoms with Gasteiger partial charge in [-0.25, -0.2) is 0 Å². The maximum atomic E-state index is 12.1. The van der Waals surface area contributed by atoms with Crippen LogP contribution in [0.15, 0.2) is 53.7 Å². The van der Waals surface area contributed by atoms with Crippen molar-refractivity contribution in [2.45, 2.75) is 31.2 Å². The van der Waals surface area contributed by atoms with Crippen LogP contribution < -0.4 is 0 Å². The third kappa shape index (κ3) is 4.17. The lowest BCUT2D eigenvalue weighted by Gasteiger charge is -2.15. The molecule has 1 atom stereocenters. The number of hydrogen-bond acceptors (Lipinski definition) is 5. The second-order valence-corrected chi connectivity index (χ2v) is 7.64. The quantitative estimate of drug-likeness (QED) is 0.432. The summed E-state index contributed by atoms with van der Waals surface area (Å²) in [6, 6.07) is 15.5. The number of carbonyl (C=O) groups is 1.